The minimum absolute atomic E-state index is 0.335. The normalized spacial score (nSPS) is 13.1. The van der Waals surface area contributed by atoms with Crippen molar-refractivity contribution in [2.75, 3.05) is 19.4 Å². The van der Waals surface area contributed by atoms with Crippen LogP contribution in [0, 0.1) is 0 Å². The van der Waals surface area contributed by atoms with Gasteiger partial charge in [0.2, 0.25) is 0 Å². The molecule has 0 aliphatic carbocycles. The minimum Gasteiger partial charge on any atom is -0.355 e. The Morgan fingerprint density at radius 2 is 1.73 bits per heavy atom. The molecular weight excluding hydrogens is 158 g/mol. The number of hydrogen-bond acceptors (Lipinski definition) is 3. The molecule has 2 N–H and O–H groups in total. The van der Waals surface area contributed by atoms with Gasteiger partial charge in [-0.05, 0) is 26.9 Å². The van der Waals surface area contributed by atoms with Crippen LogP contribution in [-0.4, -0.2) is 34.3 Å². The molecule has 4 heteroatoms. The summed E-state index contributed by atoms with van der Waals surface area (Å²) in [5.41, 5.74) is 5.14. The van der Waals surface area contributed by atoms with Gasteiger partial charge in [0.25, 0.3) is 0 Å². The molecule has 0 fully saturated rings. The van der Waals surface area contributed by atoms with Crippen molar-refractivity contribution < 1.29 is 9.47 Å². The number of nitrogens with two attached hydrogens (primary N) is 1. The fourth-order valence-corrected chi connectivity index (χ4v) is 2.28. The Kier molecular flexibility index (Phi) is 5.76. The van der Waals surface area contributed by atoms with Crippen molar-refractivity contribution in [2.45, 2.75) is 26.2 Å². The summed E-state index contributed by atoms with van der Waals surface area (Å²) in [5.74, 6) is 0. The molecule has 0 spiro atoms. The van der Waals surface area contributed by atoms with E-state index in [2.05, 4.69) is 0 Å². The first-order valence-electron chi connectivity index (χ1n) is 4.16. The molecule has 0 heterocycles. The number of ether oxygens (including phenoxy) is 2. The quantitative estimate of drug-likeness (QED) is 0.452. The third-order valence-electron chi connectivity index (χ3n) is 1.50. The standard InChI is InChI=1S/C7H19NO2Si/c1-4-9-7(3,10-5-2)11-6-8/h4-6,8,11H2,1-3H3. The van der Waals surface area contributed by atoms with E-state index < -0.39 is 9.52 Å². The summed E-state index contributed by atoms with van der Waals surface area (Å²) >= 11 is 0. The van der Waals surface area contributed by atoms with Crippen LogP contribution in [0.4, 0.5) is 0 Å². The predicted molar refractivity (Wildman–Crippen MR) is 49.3 cm³/mol. The van der Waals surface area contributed by atoms with Crippen molar-refractivity contribution in [2.24, 2.45) is 5.73 Å². The summed E-state index contributed by atoms with van der Waals surface area (Å²) in [7, 11) is -0.449. The van der Waals surface area contributed by atoms with E-state index in [-0.39, 0.29) is 5.41 Å². The first-order valence-corrected chi connectivity index (χ1v) is 5.87. The molecule has 0 aromatic carbocycles. The SMILES string of the molecule is CCOC(C)(OCC)[SiH2]CN. The van der Waals surface area contributed by atoms with Crippen LogP contribution >= 0.6 is 0 Å². The summed E-state index contributed by atoms with van der Waals surface area (Å²) in [6, 6.07) is 0. The van der Waals surface area contributed by atoms with Crippen molar-refractivity contribution in [3.63, 3.8) is 0 Å². The van der Waals surface area contributed by atoms with Gasteiger partial charge in [-0.3, -0.25) is 0 Å². The van der Waals surface area contributed by atoms with Gasteiger partial charge in [0, 0.05) is 13.2 Å². The lowest BCUT2D eigenvalue weighted by atomic mass is 10.7. The molecule has 0 aromatic rings. The van der Waals surface area contributed by atoms with E-state index in [9.17, 15) is 0 Å². The van der Waals surface area contributed by atoms with Crippen LogP contribution in [0.25, 0.3) is 0 Å². The van der Waals surface area contributed by atoms with Gasteiger partial charge >= 0.3 is 0 Å². The molecule has 0 amide bonds. The average Bonchev–Trinajstić information content (AvgIpc) is 1.88. The van der Waals surface area contributed by atoms with Crippen LogP contribution in [0.15, 0.2) is 0 Å². The molecule has 0 aromatic heterocycles. The molecular formula is C7H19NO2Si. The minimum atomic E-state index is -0.449. The van der Waals surface area contributed by atoms with Crippen molar-refractivity contribution in [3.05, 3.63) is 0 Å². The van der Waals surface area contributed by atoms with Crippen LogP contribution < -0.4 is 5.73 Å². The third-order valence-corrected chi connectivity index (χ3v) is 3.10. The number of rotatable bonds is 6. The molecule has 0 radical (unpaired) electrons. The Bertz CT molecular complexity index is 83.4. The monoisotopic (exact) mass is 177 g/mol. The maximum absolute atomic E-state index is 5.48. The van der Waals surface area contributed by atoms with E-state index in [1.165, 1.54) is 0 Å². The lowest BCUT2D eigenvalue weighted by Crippen LogP contribution is -2.42. The fourth-order valence-electron chi connectivity index (χ4n) is 1.06. The van der Waals surface area contributed by atoms with E-state index in [4.69, 9.17) is 15.2 Å². The highest BCUT2D eigenvalue weighted by atomic mass is 28.2. The second kappa shape index (κ2) is 5.71. The van der Waals surface area contributed by atoms with Gasteiger partial charge in [0.05, 0.1) is 0 Å². The van der Waals surface area contributed by atoms with E-state index in [1.54, 1.807) is 0 Å². The fraction of sp³-hybridized carbons (Fsp3) is 1.00. The number of hydrogen-bond donors (Lipinski definition) is 1. The zero-order valence-electron chi connectivity index (χ0n) is 7.72. The van der Waals surface area contributed by atoms with Crippen LogP contribution in [0.3, 0.4) is 0 Å². The average molecular weight is 177 g/mol. The zero-order valence-corrected chi connectivity index (χ0v) is 9.14. The van der Waals surface area contributed by atoms with Gasteiger partial charge in [-0.2, -0.15) is 0 Å². The largest absolute Gasteiger partial charge is 0.355 e. The van der Waals surface area contributed by atoms with Gasteiger partial charge < -0.3 is 15.2 Å². The topological polar surface area (TPSA) is 44.5 Å². The summed E-state index contributed by atoms with van der Waals surface area (Å²) in [6.45, 7) is 7.33. The van der Waals surface area contributed by atoms with Gasteiger partial charge in [-0.1, -0.05) is 0 Å². The second-order valence-electron chi connectivity index (χ2n) is 2.54. The molecule has 0 aliphatic rings. The first-order chi connectivity index (χ1) is 5.18. The van der Waals surface area contributed by atoms with Crippen molar-refractivity contribution in [1.29, 1.82) is 0 Å². The highest BCUT2D eigenvalue weighted by molar-refractivity contribution is 6.38. The second-order valence-corrected chi connectivity index (χ2v) is 4.90. The summed E-state index contributed by atoms with van der Waals surface area (Å²) < 4.78 is 10.9. The Morgan fingerprint density at radius 3 is 2.00 bits per heavy atom. The van der Waals surface area contributed by atoms with Crippen molar-refractivity contribution in [3.8, 4) is 0 Å². The smallest absolute Gasteiger partial charge is 0.143 e. The molecule has 0 rings (SSSR count). The highest BCUT2D eigenvalue weighted by Crippen LogP contribution is 2.09. The van der Waals surface area contributed by atoms with Crippen molar-refractivity contribution >= 4 is 9.52 Å². The summed E-state index contributed by atoms with van der Waals surface area (Å²) in [4.78, 5) is 0. The summed E-state index contributed by atoms with van der Waals surface area (Å²) in [6.07, 6.45) is 0.733. The molecule has 0 aliphatic heterocycles. The van der Waals surface area contributed by atoms with Gasteiger partial charge in [-0.15, -0.1) is 0 Å². The van der Waals surface area contributed by atoms with Gasteiger partial charge in [-0.25, -0.2) is 0 Å². The molecule has 0 bridgehead atoms. The maximum atomic E-state index is 5.48. The molecule has 68 valence electrons. The van der Waals surface area contributed by atoms with Gasteiger partial charge in [0.15, 0.2) is 0 Å². The molecule has 0 saturated heterocycles. The molecule has 0 unspecified atom stereocenters. The first kappa shape index (κ1) is 11.1. The zero-order chi connectivity index (χ0) is 8.74. The Morgan fingerprint density at radius 1 is 1.27 bits per heavy atom. The Labute approximate surface area is 71.1 Å². The van der Waals surface area contributed by atoms with E-state index in [0.29, 0.717) is 13.2 Å². The highest BCUT2D eigenvalue weighted by Gasteiger charge is 2.23. The Hall–Kier alpha value is 0.0969. The maximum Gasteiger partial charge on any atom is 0.143 e. The molecule has 3 nitrogen and oxygen atoms in total. The Balaban J connectivity index is 3.79. The van der Waals surface area contributed by atoms with Crippen LogP contribution in [0.5, 0.6) is 0 Å². The van der Waals surface area contributed by atoms with Crippen LogP contribution in [0.1, 0.15) is 20.8 Å². The third kappa shape index (κ3) is 4.52. The lowest BCUT2D eigenvalue weighted by molar-refractivity contribution is -0.162. The molecule has 0 atom stereocenters. The van der Waals surface area contributed by atoms with E-state index >= 15 is 0 Å². The van der Waals surface area contributed by atoms with E-state index in [0.717, 1.165) is 6.17 Å². The molecule has 0 saturated carbocycles. The summed E-state index contributed by atoms with van der Waals surface area (Å²) in [5, 5.41) is 0. The van der Waals surface area contributed by atoms with Crippen molar-refractivity contribution in [1.82, 2.24) is 0 Å². The van der Waals surface area contributed by atoms with Crippen LogP contribution in [0.2, 0.25) is 0 Å². The predicted octanol–water partition coefficient (Wildman–Crippen LogP) is -0.182. The van der Waals surface area contributed by atoms with Gasteiger partial charge in [0.1, 0.15) is 14.9 Å². The van der Waals surface area contributed by atoms with E-state index in [1.807, 2.05) is 20.8 Å². The lowest BCUT2D eigenvalue weighted by Gasteiger charge is -2.28. The van der Waals surface area contributed by atoms with Crippen LogP contribution in [-0.2, 0) is 9.47 Å². The molecule has 11 heavy (non-hydrogen) atoms.